The summed E-state index contributed by atoms with van der Waals surface area (Å²) in [5, 5.41) is 10.8. The molecule has 0 spiro atoms. The van der Waals surface area contributed by atoms with Crippen LogP contribution in [0.1, 0.15) is 38.2 Å². The van der Waals surface area contributed by atoms with Crippen molar-refractivity contribution in [3.8, 4) is 0 Å². The summed E-state index contributed by atoms with van der Waals surface area (Å²) >= 11 is 6.99. The number of nitrogens with zero attached hydrogens (tertiary/aromatic N) is 2. The number of non-ortho nitro benzene ring substituents is 1. The highest BCUT2D eigenvalue weighted by Gasteiger charge is 2.50. The molecule has 142 valence electrons. The zero-order valence-electron chi connectivity index (χ0n) is 15.1. The summed E-state index contributed by atoms with van der Waals surface area (Å²) in [6.07, 6.45) is 4.77. The van der Waals surface area contributed by atoms with Crippen LogP contribution < -0.4 is 0 Å². The molecule has 1 aromatic carbocycles. The van der Waals surface area contributed by atoms with E-state index in [0.29, 0.717) is 23.0 Å². The zero-order chi connectivity index (χ0) is 19.2. The number of benzene rings is 1. The minimum Gasteiger partial charge on any atom is -0.467 e. The third-order valence-electron chi connectivity index (χ3n) is 4.62. The molecule has 1 heterocycles. The predicted molar refractivity (Wildman–Crippen MR) is 107 cm³/mol. The summed E-state index contributed by atoms with van der Waals surface area (Å²) in [4.78, 5) is 25.1. The van der Waals surface area contributed by atoms with Gasteiger partial charge in [0.05, 0.1) is 12.0 Å². The van der Waals surface area contributed by atoms with E-state index in [-0.39, 0.29) is 11.7 Å². The number of hydrogen-bond acceptors (Lipinski definition) is 6. The Morgan fingerprint density at radius 3 is 2.62 bits per heavy atom. The third-order valence-corrected chi connectivity index (χ3v) is 6.28. The van der Waals surface area contributed by atoms with Crippen LogP contribution in [-0.2, 0) is 16.0 Å². The SMILES string of the molecule is CCCCCCN1C(=S)SCC1(Cc1ccc([N+](=O)[O-])cc1)C(=O)OC. The summed E-state index contributed by atoms with van der Waals surface area (Å²) in [7, 11) is 1.39. The van der Waals surface area contributed by atoms with Gasteiger partial charge >= 0.3 is 5.97 Å². The number of thioether (sulfide) groups is 1. The first-order valence-corrected chi connectivity index (χ1v) is 10.1. The van der Waals surface area contributed by atoms with Gasteiger partial charge in [0.15, 0.2) is 5.54 Å². The van der Waals surface area contributed by atoms with Gasteiger partial charge in [0.25, 0.3) is 5.69 Å². The number of ether oxygens (including phenoxy) is 1. The van der Waals surface area contributed by atoms with E-state index in [1.807, 2.05) is 4.90 Å². The number of unbranched alkanes of at least 4 members (excludes halogenated alkanes) is 3. The number of carbonyl (C=O) groups excluding carboxylic acids is 1. The number of carbonyl (C=O) groups is 1. The minimum atomic E-state index is -0.848. The summed E-state index contributed by atoms with van der Waals surface area (Å²) in [5.74, 6) is 0.224. The smallest absolute Gasteiger partial charge is 0.332 e. The van der Waals surface area contributed by atoms with Crippen LogP contribution in [0.4, 0.5) is 5.69 Å². The first kappa shape index (κ1) is 20.6. The number of hydrogen-bond donors (Lipinski definition) is 0. The maximum Gasteiger partial charge on any atom is 0.332 e. The van der Waals surface area contributed by atoms with E-state index in [0.717, 1.165) is 31.2 Å². The van der Waals surface area contributed by atoms with Gasteiger partial charge in [-0.25, -0.2) is 4.79 Å². The first-order chi connectivity index (χ1) is 12.4. The van der Waals surface area contributed by atoms with Crippen molar-refractivity contribution in [3.05, 3.63) is 39.9 Å². The monoisotopic (exact) mass is 396 g/mol. The Balaban J connectivity index is 2.24. The second kappa shape index (κ2) is 9.32. The number of methoxy groups -OCH3 is 1. The molecule has 1 aliphatic rings. The van der Waals surface area contributed by atoms with Crippen LogP contribution in [0, 0.1) is 10.1 Å². The van der Waals surface area contributed by atoms with Crippen molar-refractivity contribution in [2.24, 2.45) is 0 Å². The fourth-order valence-electron chi connectivity index (χ4n) is 3.16. The zero-order valence-corrected chi connectivity index (χ0v) is 16.7. The van der Waals surface area contributed by atoms with Crippen molar-refractivity contribution in [2.45, 2.75) is 44.6 Å². The minimum absolute atomic E-state index is 0.0357. The van der Waals surface area contributed by atoms with E-state index in [2.05, 4.69) is 6.92 Å². The van der Waals surface area contributed by atoms with Crippen molar-refractivity contribution < 1.29 is 14.5 Å². The van der Waals surface area contributed by atoms with Crippen LogP contribution in [0.3, 0.4) is 0 Å². The van der Waals surface area contributed by atoms with Crippen LogP contribution in [0.25, 0.3) is 0 Å². The molecule has 1 fully saturated rings. The Morgan fingerprint density at radius 2 is 2.04 bits per heavy atom. The van der Waals surface area contributed by atoms with Crippen LogP contribution in [-0.4, -0.2) is 45.1 Å². The summed E-state index contributed by atoms with van der Waals surface area (Å²) in [6, 6.07) is 6.33. The summed E-state index contributed by atoms with van der Waals surface area (Å²) in [6.45, 7) is 2.87. The van der Waals surface area contributed by atoms with Crippen molar-refractivity contribution in [2.75, 3.05) is 19.4 Å². The maximum atomic E-state index is 12.7. The van der Waals surface area contributed by atoms with E-state index in [1.165, 1.54) is 31.0 Å². The highest BCUT2D eigenvalue weighted by molar-refractivity contribution is 8.23. The number of thiocarbonyl (C=S) groups is 1. The van der Waals surface area contributed by atoms with Gasteiger partial charge in [-0.3, -0.25) is 10.1 Å². The largest absolute Gasteiger partial charge is 0.467 e. The molecule has 2 rings (SSSR count). The fraction of sp³-hybridized carbons (Fsp3) is 0.556. The van der Waals surface area contributed by atoms with Gasteiger partial charge in [-0.15, -0.1) is 0 Å². The lowest BCUT2D eigenvalue weighted by Gasteiger charge is -2.36. The lowest BCUT2D eigenvalue weighted by atomic mass is 9.90. The van der Waals surface area contributed by atoms with Gasteiger partial charge < -0.3 is 9.64 Å². The lowest BCUT2D eigenvalue weighted by Crippen LogP contribution is -2.56. The molecule has 8 heteroatoms. The second-order valence-corrected chi connectivity index (χ2v) is 8.00. The Labute approximate surface area is 163 Å². The standard InChI is InChI=1S/C18H24N2O4S2/c1-3-4-5-6-11-19-17(25)26-13-18(19,16(21)24-2)12-14-7-9-15(10-8-14)20(22)23/h7-10H,3-6,11-13H2,1-2H3. The van der Waals surface area contributed by atoms with Crippen molar-refractivity contribution in [3.63, 3.8) is 0 Å². The predicted octanol–water partition coefficient (Wildman–Crippen LogP) is 3.96. The van der Waals surface area contributed by atoms with Gasteiger partial charge in [-0.05, 0) is 12.0 Å². The van der Waals surface area contributed by atoms with Gasteiger partial charge in [-0.1, -0.05) is 62.3 Å². The molecule has 26 heavy (non-hydrogen) atoms. The molecular formula is C18H24N2O4S2. The van der Waals surface area contributed by atoms with Crippen LogP contribution >= 0.6 is 24.0 Å². The molecule has 6 nitrogen and oxygen atoms in total. The lowest BCUT2D eigenvalue weighted by molar-refractivity contribution is -0.384. The molecule has 0 N–H and O–H groups in total. The van der Waals surface area contributed by atoms with E-state index in [1.54, 1.807) is 12.1 Å². The molecule has 0 aromatic heterocycles. The Hall–Kier alpha value is -1.67. The molecule has 0 aliphatic carbocycles. The average Bonchev–Trinajstić information content (AvgIpc) is 2.95. The molecule has 0 radical (unpaired) electrons. The molecule has 1 aromatic rings. The first-order valence-electron chi connectivity index (χ1n) is 8.70. The number of nitro benzene ring substituents is 1. The molecule has 0 amide bonds. The quantitative estimate of drug-likeness (QED) is 0.206. The fourth-order valence-corrected chi connectivity index (χ4v) is 4.77. The summed E-state index contributed by atoms with van der Waals surface area (Å²) in [5.41, 5.74) is 0.0391. The molecule has 1 aliphatic heterocycles. The van der Waals surface area contributed by atoms with E-state index in [4.69, 9.17) is 17.0 Å². The number of esters is 1. The topological polar surface area (TPSA) is 72.7 Å². The van der Waals surface area contributed by atoms with Crippen LogP contribution in [0.5, 0.6) is 0 Å². The second-order valence-electron chi connectivity index (χ2n) is 6.39. The van der Waals surface area contributed by atoms with E-state index < -0.39 is 10.5 Å². The van der Waals surface area contributed by atoms with Crippen molar-refractivity contribution in [1.82, 2.24) is 4.90 Å². The Bertz CT molecular complexity index is 666. The van der Waals surface area contributed by atoms with E-state index >= 15 is 0 Å². The molecule has 1 saturated heterocycles. The molecule has 0 saturated carbocycles. The highest BCUT2D eigenvalue weighted by atomic mass is 32.2. The van der Waals surface area contributed by atoms with Gasteiger partial charge in [0.1, 0.15) is 4.32 Å². The molecular weight excluding hydrogens is 372 g/mol. The van der Waals surface area contributed by atoms with Crippen LogP contribution in [0.15, 0.2) is 24.3 Å². The van der Waals surface area contributed by atoms with Crippen LogP contribution in [0.2, 0.25) is 0 Å². The van der Waals surface area contributed by atoms with Gasteiger partial charge in [0, 0.05) is 30.9 Å². The summed E-state index contributed by atoms with van der Waals surface area (Å²) < 4.78 is 5.83. The maximum absolute atomic E-state index is 12.7. The normalized spacial score (nSPS) is 19.6. The van der Waals surface area contributed by atoms with Crippen molar-refractivity contribution >= 4 is 40.0 Å². The highest BCUT2D eigenvalue weighted by Crippen LogP contribution is 2.37. The Kier molecular flexibility index (Phi) is 7.40. The number of nitro groups is 1. The molecule has 0 bridgehead atoms. The molecule has 1 unspecified atom stereocenters. The van der Waals surface area contributed by atoms with Gasteiger partial charge in [0.2, 0.25) is 0 Å². The van der Waals surface area contributed by atoms with Crippen molar-refractivity contribution in [1.29, 1.82) is 0 Å². The molecule has 1 atom stereocenters. The Morgan fingerprint density at radius 1 is 1.35 bits per heavy atom. The third kappa shape index (κ3) is 4.54. The average molecular weight is 397 g/mol. The van der Waals surface area contributed by atoms with E-state index in [9.17, 15) is 14.9 Å². The van der Waals surface area contributed by atoms with Gasteiger partial charge in [-0.2, -0.15) is 0 Å². The number of rotatable bonds is 9.